The van der Waals surface area contributed by atoms with Crippen LogP contribution in [-0.2, 0) is 12.7 Å². The minimum Gasteiger partial charge on any atom is -0.484 e. The van der Waals surface area contributed by atoms with Gasteiger partial charge in [-0.1, -0.05) is 24.3 Å². The molecular formula is C23H23F4N3O. The van der Waals surface area contributed by atoms with Crippen molar-refractivity contribution in [1.29, 1.82) is 0 Å². The van der Waals surface area contributed by atoms with Gasteiger partial charge in [-0.05, 0) is 55.8 Å². The maximum absolute atomic E-state index is 13.2. The number of allylic oxidation sites excluding steroid dienone is 4. The maximum Gasteiger partial charge on any atom is 0.416 e. The predicted octanol–water partition coefficient (Wildman–Crippen LogP) is 5.95. The Labute approximate surface area is 177 Å². The first-order valence-electron chi connectivity index (χ1n) is 9.72. The van der Waals surface area contributed by atoms with Gasteiger partial charge >= 0.3 is 6.18 Å². The lowest BCUT2D eigenvalue weighted by Gasteiger charge is -2.23. The van der Waals surface area contributed by atoms with Crippen LogP contribution in [-0.4, -0.2) is 15.8 Å². The van der Waals surface area contributed by atoms with Crippen LogP contribution in [0.15, 0.2) is 72.7 Å². The lowest BCUT2D eigenvalue weighted by atomic mass is 10.0. The van der Waals surface area contributed by atoms with Gasteiger partial charge in [-0.25, -0.2) is 4.39 Å². The van der Waals surface area contributed by atoms with Gasteiger partial charge in [0.1, 0.15) is 17.7 Å². The minimum absolute atomic E-state index is 0.322. The van der Waals surface area contributed by atoms with E-state index in [4.69, 9.17) is 10.5 Å². The van der Waals surface area contributed by atoms with Crippen molar-refractivity contribution in [3.05, 3.63) is 83.8 Å². The first-order chi connectivity index (χ1) is 14.7. The van der Waals surface area contributed by atoms with Gasteiger partial charge in [0.25, 0.3) is 0 Å². The highest BCUT2D eigenvalue weighted by Crippen LogP contribution is 2.32. The van der Waals surface area contributed by atoms with E-state index in [0.717, 1.165) is 23.0 Å². The van der Waals surface area contributed by atoms with E-state index >= 15 is 0 Å². The monoisotopic (exact) mass is 433 g/mol. The van der Waals surface area contributed by atoms with Crippen LogP contribution in [0.4, 0.5) is 17.6 Å². The molecule has 2 aromatic carbocycles. The lowest BCUT2D eigenvalue weighted by Crippen LogP contribution is -2.29. The standard InChI is InChI=1S/C23H23F4N3O/c1-3-19(24)5-4-12-30-21-11-10-20(13-17(21)14-29-30)31-22(15(2)28)16-6-8-18(9-7-16)23(25,26)27/h3-11,13-15,22H,12,28H2,1-2H3/b5-4-,19-3+/t15?,22-/m0/s1. The van der Waals surface area contributed by atoms with Gasteiger partial charge in [0, 0.05) is 11.4 Å². The van der Waals surface area contributed by atoms with E-state index in [-0.39, 0.29) is 5.83 Å². The second-order valence-electron chi connectivity index (χ2n) is 7.14. The van der Waals surface area contributed by atoms with Crippen molar-refractivity contribution < 1.29 is 22.3 Å². The molecule has 0 aliphatic heterocycles. The topological polar surface area (TPSA) is 53.1 Å². The summed E-state index contributed by atoms with van der Waals surface area (Å²) < 4.78 is 59.4. The highest BCUT2D eigenvalue weighted by molar-refractivity contribution is 5.80. The molecule has 2 atom stereocenters. The Morgan fingerprint density at radius 1 is 1.19 bits per heavy atom. The van der Waals surface area contributed by atoms with Crippen LogP contribution in [0.2, 0.25) is 0 Å². The summed E-state index contributed by atoms with van der Waals surface area (Å²) in [5.74, 6) is 0.196. The Hall–Kier alpha value is -3.13. The van der Waals surface area contributed by atoms with Crippen molar-refractivity contribution >= 4 is 10.9 Å². The molecule has 8 heteroatoms. The first kappa shape index (κ1) is 22.6. The summed E-state index contributed by atoms with van der Waals surface area (Å²) >= 11 is 0. The molecule has 0 saturated heterocycles. The fourth-order valence-corrected chi connectivity index (χ4v) is 3.13. The number of halogens is 4. The number of nitrogens with two attached hydrogens (primary N) is 1. The molecule has 164 valence electrons. The van der Waals surface area contributed by atoms with Gasteiger partial charge in [0.05, 0.1) is 23.8 Å². The first-order valence-corrected chi connectivity index (χ1v) is 9.72. The molecule has 1 aromatic heterocycles. The maximum atomic E-state index is 13.2. The van der Waals surface area contributed by atoms with Crippen molar-refractivity contribution in [2.45, 2.75) is 38.7 Å². The molecule has 0 amide bonds. The molecule has 0 aliphatic carbocycles. The molecule has 0 spiro atoms. The quantitative estimate of drug-likeness (QED) is 0.370. The third kappa shape index (κ3) is 5.52. The Kier molecular flexibility index (Phi) is 6.80. The Balaban J connectivity index is 1.79. The van der Waals surface area contributed by atoms with Crippen molar-refractivity contribution in [2.24, 2.45) is 5.73 Å². The molecule has 4 nitrogen and oxygen atoms in total. The third-order valence-corrected chi connectivity index (χ3v) is 4.75. The summed E-state index contributed by atoms with van der Waals surface area (Å²) in [4.78, 5) is 0. The van der Waals surface area contributed by atoms with Gasteiger partial charge in [0.15, 0.2) is 0 Å². The Morgan fingerprint density at radius 2 is 1.90 bits per heavy atom. The molecule has 3 rings (SSSR count). The second-order valence-corrected chi connectivity index (χ2v) is 7.14. The zero-order chi connectivity index (χ0) is 22.6. The number of fused-ring (bicyclic) bond motifs is 1. The molecule has 0 saturated carbocycles. The van der Waals surface area contributed by atoms with E-state index in [9.17, 15) is 17.6 Å². The number of benzene rings is 2. The van der Waals surface area contributed by atoms with Crippen molar-refractivity contribution in [3.63, 3.8) is 0 Å². The average Bonchev–Trinajstić information content (AvgIpc) is 3.13. The van der Waals surface area contributed by atoms with Gasteiger partial charge in [-0.3, -0.25) is 4.68 Å². The van der Waals surface area contributed by atoms with Crippen LogP contribution in [0.3, 0.4) is 0 Å². The molecule has 3 aromatic rings. The van der Waals surface area contributed by atoms with Crippen molar-refractivity contribution in [1.82, 2.24) is 9.78 Å². The van der Waals surface area contributed by atoms with Gasteiger partial charge < -0.3 is 10.5 Å². The molecule has 2 N–H and O–H groups in total. The lowest BCUT2D eigenvalue weighted by molar-refractivity contribution is -0.137. The number of ether oxygens (including phenoxy) is 1. The minimum atomic E-state index is -4.40. The zero-order valence-corrected chi connectivity index (χ0v) is 17.1. The summed E-state index contributed by atoms with van der Waals surface area (Å²) in [5.41, 5.74) is 6.70. The summed E-state index contributed by atoms with van der Waals surface area (Å²) in [5, 5.41) is 5.11. The largest absolute Gasteiger partial charge is 0.484 e. The van der Waals surface area contributed by atoms with E-state index in [1.807, 2.05) is 6.07 Å². The summed E-state index contributed by atoms with van der Waals surface area (Å²) in [6.07, 6.45) is 1.06. The zero-order valence-electron chi connectivity index (χ0n) is 17.1. The number of nitrogens with zero attached hydrogens (tertiary/aromatic N) is 2. The highest BCUT2D eigenvalue weighted by Gasteiger charge is 2.30. The fourth-order valence-electron chi connectivity index (χ4n) is 3.13. The summed E-state index contributed by atoms with van der Waals surface area (Å²) in [6.45, 7) is 3.75. The second kappa shape index (κ2) is 9.34. The van der Waals surface area contributed by atoms with Crippen LogP contribution >= 0.6 is 0 Å². The van der Waals surface area contributed by atoms with E-state index < -0.39 is 23.9 Å². The Morgan fingerprint density at radius 3 is 2.52 bits per heavy atom. The summed E-state index contributed by atoms with van der Waals surface area (Å²) in [6, 6.07) is 9.69. The molecule has 31 heavy (non-hydrogen) atoms. The van der Waals surface area contributed by atoms with Crippen molar-refractivity contribution in [2.75, 3.05) is 0 Å². The molecule has 0 radical (unpaired) electrons. The van der Waals surface area contributed by atoms with Gasteiger partial charge in [0.2, 0.25) is 0 Å². The molecule has 0 bridgehead atoms. The number of hydrogen-bond donors (Lipinski definition) is 1. The van der Waals surface area contributed by atoms with Crippen LogP contribution in [0.5, 0.6) is 5.75 Å². The normalized spacial score (nSPS) is 14.9. The highest BCUT2D eigenvalue weighted by atomic mass is 19.4. The fraction of sp³-hybridized carbons (Fsp3) is 0.261. The molecule has 1 heterocycles. The predicted molar refractivity (Wildman–Crippen MR) is 112 cm³/mol. The Bertz CT molecular complexity index is 1080. The van der Waals surface area contributed by atoms with E-state index in [1.165, 1.54) is 24.3 Å². The molecular weight excluding hydrogens is 410 g/mol. The molecule has 0 aliphatic rings. The smallest absolute Gasteiger partial charge is 0.416 e. The van der Waals surface area contributed by atoms with Crippen molar-refractivity contribution in [3.8, 4) is 5.75 Å². The summed E-state index contributed by atoms with van der Waals surface area (Å²) in [7, 11) is 0. The third-order valence-electron chi connectivity index (χ3n) is 4.75. The number of alkyl halides is 3. The van der Waals surface area contributed by atoms with Gasteiger partial charge in [-0.15, -0.1) is 0 Å². The molecule has 1 unspecified atom stereocenters. The van der Waals surface area contributed by atoms with Crippen LogP contribution < -0.4 is 10.5 Å². The van der Waals surface area contributed by atoms with Crippen LogP contribution in [0, 0.1) is 0 Å². The number of aromatic nitrogens is 2. The van der Waals surface area contributed by atoms with Crippen LogP contribution in [0.25, 0.3) is 10.9 Å². The van der Waals surface area contributed by atoms with Gasteiger partial charge in [-0.2, -0.15) is 18.3 Å². The van der Waals surface area contributed by atoms with E-state index in [0.29, 0.717) is 17.9 Å². The SMILES string of the molecule is C/C=C(F)\C=C/Cn1ncc2cc(O[C@H](c3ccc(C(F)(F)F)cc3)C(C)N)ccc21. The number of rotatable bonds is 7. The molecule has 0 fully saturated rings. The number of hydrogen-bond acceptors (Lipinski definition) is 3. The van der Waals surface area contributed by atoms with E-state index in [1.54, 1.807) is 42.9 Å². The van der Waals surface area contributed by atoms with Crippen LogP contribution in [0.1, 0.15) is 31.1 Å². The van der Waals surface area contributed by atoms with E-state index in [2.05, 4.69) is 5.10 Å². The average molecular weight is 433 g/mol.